The second kappa shape index (κ2) is 7.44. The molecule has 120 valence electrons. The van der Waals surface area contributed by atoms with Gasteiger partial charge >= 0.3 is 156 Å². The van der Waals surface area contributed by atoms with Gasteiger partial charge in [-0.2, -0.15) is 0 Å². The zero-order valence-electron chi connectivity index (χ0n) is 15.7. The molecule has 1 heteroatoms. The molecule has 0 fully saturated rings. The second-order valence-corrected chi connectivity index (χ2v) is 11.6. The maximum atomic E-state index is 2.40. The van der Waals surface area contributed by atoms with Crippen molar-refractivity contribution in [1.29, 1.82) is 0 Å². The van der Waals surface area contributed by atoms with Crippen molar-refractivity contribution >= 4 is 0 Å². The van der Waals surface area contributed by atoms with E-state index in [4.69, 9.17) is 0 Å². The van der Waals surface area contributed by atoms with Crippen molar-refractivity contribution in [3.63, 3.8) is 0 Å². The molecule has 0 bridgehead atoms. The summed E-state index contributed by atoms with van der Waals surface area (Å²) in [5.41, 5.74) is 4.39. The van der Waals surface area contributed by atoms with E-state index in [-0.39, 0.29) is 2.85 Å². The third kappa shape index (κ3) is 3.37. The summed E-state index contributed by atoms with van der Waals surface area (Å²) >= 11 is -0.889. The van der Waals surface area contributed by atoms with Gasteiger partial charge in [0.25, 0.3) is 0 Å². The largest absolute Gasteiger partial charge is 1.00 e. The van der Waals surface area contributed by atoms with Gasteiger partial charge in [0, 0.05) is 0 Å². The minimum absolute atomic E-state index is 0. The standard InChI is InChI=1S/C18H15.C5H5.Hf.2H/c1-3-9-15(10-4-1)18(17-13-7-8-14-17)16-11-5-2-6-12-16;1-2-4-5-3-1;;;/h1-7,9-13,18H,8H2;1-3H,4H2;;;/q;;;2*-1. The Morgan fingerprint density at radius 3 is 2.04 bits per heavy atom. The van der Waals surface area contributed by atoms with Gasteiger partial charge in [-0.25, -0.2) is 0 Å². The van der Waals surface area contributed by atoms with E-state index in [1.165, 1.54) is 24.0 Å². The SMILES string of the molecule is C1=CC[C]([Hf][C]2=C(C(c3ccccc3)c3ccccc3)C=CC2)=C1.[H-].[H-]. The van der Waals surface area contributed by atoms with Crippen LogP contribution in [-0.2, 0) is 22.9 Å². The Hall–Kier alpha value is -1.73. The van der Waals surface area contributed by atoms with E-state index in [9.17, 15) is 0 Å². The Labute approximate surface area is 158 Å². The van der Waals surface area contributed by atoms with Crippen molar-refractivity contribution in [2.45, 2.75) is 18.8 Å². The smallest absolute Gasteiger partial charge is 1.00 e. The first-order valence-corrected chi connectivity index (χ1v) is 12.1. The van der Waals surface area contributed by atoms with Gasteiger partial charge in [0.15, 0.2) is 0 Å². The summed E-state index contributed by atoms with van der Waals surface area (Å²) in [5, 5.41) is 0. The predicted molar refractivity (Wildman–Crippen MR) is 99.6 cm³/mol. The molecule has 4 rings (SSSR count). The predicted octanol–water partition coefficient (Wildman–Crippen LogP) is 6.18. The minimum atomic E-state index is -0.889. The minimum Gasteiger partial charge on any atom is -1.00 e. The normalized spacial score (nSPS) is 16.1. The molecule has 0 N–H and O–H groups in total. The molecule has 2 aromatic rings. The molecule has 0 aromatic heterocycles. The zero-order chi connectivity index (χ0) is 16.2. The first-order valence-electron chi connectivity index (χ1n) is 8.54. The second-order valence-electron chi connectivity index (χ2n) is 6.24. The molecule has 0 nitrogen and oxygen atoms in total. The van der Waals surface area contributed by atoms with Crippen LogP contribution in [0.15, 0.2) is 103 Å². The van der Waals surface area contributed by atoms with Gasteiger partial charge in [-0.15, -0.1) is 0 Å². The fourth-order valence-corrected chi connectivity index (χ4v) is 8.45. The van der Waals surface area contributed by atoms with Crippen LogP contribution in [0.3, 0.4) is 0 Å². The Morgan fingerprint density at radius 1 is 0.792 bits per heavy atom. The molecule has 0 saturated heterocycles. The van der Waals surface area contributed by atoms with Crippen LogP contribution in [0, 0.1) is 0 Å². The molecule has 0 saturated carbocycles. The van der Waals surface area contributed by atoms with Crippen molar-refractivity contribution in [2.75, 3.05) is 0 Å². The van der Waals surface area contributed by atoms with Crippen LogP contribution >= 0.6 is 0 Å². The number of hydrogen-bond acceptors (Lipinski definition) is 0. The summed E-state index contributed by atoms with van der Waals surface area (Å²) in [7, 11) is 0. The molecule has 0 radical (unpaired) electrons. The molecule has 0 amide bonds. The maximum Gasteiger partial charge on any atom is -1.00 e. The van der Waals surface area contributed by atoms with Crippen LogP contribution in [0.25, 0.3) is 0 Å². The van der Waals surface area contributed by atoms with Crippen molar-refractivity contribution in [3.8, 4) is 0 Å². The quantitative estimate of drug-likeness (QED) is 0.452. The number of allylic oxidation sites excluding steroid dienone is 8. The summed E-state index contributed by atoms with van der Waals surface area (Å²) in [5.74, 6) is 0.378. The summed E-state index contributed by atoms with van der Waals surface area (Å²) in [6, 6.07) is 22.0. The molecular formula is C23H22Hf-2. The fraction of sp³-hybridized carbons (Fsp3) is 0.130. The fourth-order valence-electron chi connectivity index (χ4n) is 3.49. The van der Waals surface area contributed by atoms with E-state index in [1.807, 2.05) is 0 Å². The molecule has 0 heterocycles. The van der Waals surface area contributed by atoms with Crippen LogP contribution in [0.5, 0.6) is 0 Å². The van der Waals surface area contributed by atoms with Gasteiger partial charge in [0.2, 0.25) is 0 Å². The van der Waals surface area contributed by atoms with E-state index in [2.05, 4.69) is 91.0 Å². The molecule has 24 heavy (non-hydrogen) atoms. The van der Waals surface area contributed by atoms with Crippen molar-refractivity contribution in [2.24, 2.45) is 0 Å². The first kappa shape index (κ1) is 15.8. The van der Waals surface area contributed by atoms with Gasteiger partial charge in [0.1, 0.15) is 0 Å². The molecule has 2 aliphatic rings. The van der Waals surface area contributed by atoms with Crippen molar-refractivity contribution < 1.29 is 25.8 Å². The Morgan fingerprint density at radius 2 is 1.46 bits per heavy atom. The van der Waals surface area contributed by atoms with Crippen molar-refractivity contribution in [3.05, 3.63) is 114 Å². The average Bonchev–Trinajstić information content (AvgIpc) is 3.30. The third-order valence-electron chi connectivity index (χ3n) is 4.63. The molecule has 0 spiro atoms. The van der Waals surface area contributed by atoms with Crippen molar-refractivity contribution in [1.82, 2.24) is 0 Å². The summed E-state index contributed by atoms with van der Waals surface area (Å²) in [4.78, 5) is 0. The summed E-state index contributed by atoms with van der Waals surface area (Å²) in [6.07, 6.45) is 14.0. The van der Waals surface area contributed by atoms with Crippen LogP contribution in [0.2, 0.25) is 0 Å². The van der Waals surface area contributed by atoms with Gasteiger partial charge in [0.05, 0.1) is 0 Å². The van der Waals surface area contributed by atoms with Gasteiger partial charge < -0.3 is 2.85 Å². The molecule has 0 unspecified atom stereocenters. The van der Waals surface area contributed by atoms with Crippen LogP contribution in [0.1, 0.15) is 32.7 Å². The molecular weight excluding hydrogens is 455 g/mol. The number of benzene rings is 2. The van der Waals surface area contributed by atoms with E-state index >= 15 is 0 Å². The monoisotopic (exact) mass is 478 g/mol. The molecule has 0 aliphatic heterocycles. The first-order chi connectivity index (χ1) is 11.9. The number of hydrogen-bond donors (Lipinski definition) is 0. The van der Waals surface area contributed by atoms with E-state index < -0.39 is 22.9 Å². The molecule has 2 aromatic carbocycles. The average molecular weight is 477 g/mol. The van der Waals surface area contributed by atoms with Crippen LogP contribution in [-0.4, -0.2) is 0 Å². The van der Waals surface area contributed by atoms with Crippen LogP contribution in [0.4, 0.5) is 0 Å². The summed E-state index contributed by atoms with van der Waals surface area (Å²) < 4.78 is 3.49. The Kier molecular flexibility index (Phi) is 4.89. The topological polar surface area (TPSA) is 0 Å². The van der Waals surface area contributed by atoms with Gasteiger partial charge in [-0.3, -0.25) is 0 Å². The molecule has 0 atom stereocenters. The van der Waals surface area contributed by atoms with E-state index in [0.29, 0.717) is 5.92 Å². The summed E-state index contributed by atoms with van der Waals surface area (Å²) in [6.45, 7) is 0. The maximum absolute atomic E-state index is 2.40. The number of rotatable bonds is 5. The van der Waals surface area contributed by atoms with Crippen LogP contribution < -0.4 is 0 Å². The van der Waals surface area contributed by atoms with E-state index in [1.54, 1.807) is 12.2 Å². The zero-order valence-corrected chi connectivity index (χ0v) is 17.2. The van der Waals surface area contributed by atoms with Gasteiger partial charge in [-0.1, -0.05) is 0 Å². The molecule has 2 aliphatic carbocycles. The third-order valence-corrected chi connectivity index (χ3v) is 9.97. The van der Waals surface area contributed by atoms with E-state index in [0.717, 1.165) is 0 Å². The Bertz CT molecular complexity index is 794. The Balaban J connectivity index is 0.00000121. The van der Waals surface area contributed by atoms with Gasteiger partial charge in [-0.05, 0) is 0 Å².